The van der Waals surface area contributed by atoms with Crippen LogP contribution in [0.5, 0.6) is 0 Å². The van der Waals surface area contributed by atoms with E-state index in [2.05, 4.69) is 239 Å². The van der Waals surface area contributed by atoms with Gasteiger partial charge in [0, 0.05) is 32.9 Å². The van der Waals surface area contributed by atoms with Crippen LogP contribution in [0, 0.1) is 73.3 Å². The molecule has 0 aliphatic heterocycles. The highest BCUT2D eigenvalue weighted by Crippen LogP contribution is 2.44. The Balaban J connectivity index is 1.06. The lowest BCUT2D eigenvalue weighted by atomic mass is 9.95. The largest absolute Gasteiger partial charge is 0.309 e. The van der Waals surface area contributed by atoms with E-state index in [9.17, 15) is 5.26 Å². The average Bonchev–Trinajstić information content (AvgIpc) is 3.89. The third kappa shape index (κ3) is 7.67. The highest BCUT2D eigenvalue weighted by Gasteiger charge is 2.21. The van der Waals surface area contributed by atoms with Gasteiger partial charge in [0.1, 0.15) is 0 Å². The molecule has 12 rings (SSSR count). The zero-order valence-corrected chi connectivity index (χ0v) is 43.1. The number of hydrogen-bond donors (Lipinski definition) is 0. The van der Waals surface area contributed by atoms with Gasteiger partial charge in [0.15, 0.2) is 5.69 Å². The number of benzene rings is 10. The molecule has 10 aromatic carbocycles. The minimum absolute atomic E-state index is 0.482. The Bertz CT molecular complexity index is 3920. The summed E-state index contributed by atoms with van der Waals surface area (Å²) in [5.41, 5.74) is 27.9. The molecule has 0 amide bonds. The molecule has 74 heavy (non-hydrogen) atoms. The molecule has 0 saturated carbocycles. The van der Waals surface area contributed by atoms with Gasteiger partial charge >= 0.3 is 0 Å². The summed E-state index contributed by atoms with van der Waals surface area (Å²) in [4.78, 5) is 4.11. The molecule has 0 saturated heterocycles. The molecule has 0 bridgehead atoms. The summed E-state index contributed by atoms with van der Waals surface area (Å²) >= 11 is 0. The van der Waals surface area contributed by atoms with Crippen LogP contribution in [-0.2, 0) is 0 Å². The summed E-state index contributed by atoms with van der Waals surface area (Å²) in [7, 11) is 0. The maximum absolute atomic E-state index is 10.9. The summed E-state index contributed by atoms with van der Waals surface area (Å²) in [5, 5.41) is 15.5. The number of hydrogen-bond acceptors (Lipinski definition) is 1. The molecule has 0 N–H and O–H groups in total. The van der Waals surface area contributed by atoms with Gasteiger partial charge in [-0.3, -0.25) is 0 Å². The van der Waals surface area contributed by atoms with Gasteiger partial charge in [-0.2, -0.15) is 5.26 Å². The first-order chi connectivity index (χ1) is 35.8. The van der Waals surface area contributed by atoms with E-state index in [1.54, 1.807) is 0 Å². The number of aromatic nitrogens is 2. The van der Waals surface area contributed by atoms with E-state index in [-0.39, 0.29) is 0 Å². The van der Waals surface area contributed by atoms with E-state index in [1.807, 2.05) is 18.2 Å². The summed E-state index contributed by atoms with van der Waals surface area (Å²) in [6.45, 7) is 25.8. The van der Waals surface area contributed by atoms with Gasteiger partial charge in [-0.1, -0.05) is 125 Å². The second-order valence-electron chi connectivity index (χ2n) is 20.5. The quantitative estimate of drug-likeness (QED) is 0.147. The predicted molar refractivity (Wildman–Crippen MR) is 311 cm³/mol. The van der Waals surface area contributed by atoms with Crippen LogP contribution in [0.25, 0.3) is 115 Å². The molecule has 0 spiro atoms. The van der Waals surface area contributed by atoms with Gasteiger partial charge in [0.05, 0.1) is 40.3 Å². The standard InChI is InChI=1S/C70H54N4/c1-41-10-21-56(45(5)30-41)49-15-26-67-62(34-49)63-35-50(57-22-11-42(2)31-46(57)6)16-27-68(63)73(67)54-19-14-53(40-71)60(38-54)61-39-55(20-25-66(61)72-9)74-69-28-17-51(58-23-12-43(3)32-47(58)7)36-64(69)65-37-52(18-29-70(65)74)59-24-13-44(4)33-48(59)8/h10-39H,1-8H3. The molecule has 2 aromatic heterocycles. The summed E-state index contributed by atoms with van der Waals surface area (Å²) in [5.74, 6) is 0. The van der Waals surface area contributed by atoms with E-state index in [1.165, 1.54) is 77.9 Å². The summed E-state index contributed by atoms with van der Waals surface area (Å²) < 4.78 is 4.64. The van der Waals surface area contributed by atoms with E-state index >= 15 is 0 Å². The van der Waals surface area contributed by atoms with E-state index < -0.39 is 0 Å². The van der Waals surface area contributed by atoms with Crippen molar-refractivity contribution >= 4 is 49.3 Å². The van der Waals surface area contributed by atoms with Crippen LogP contribution in [0.2, 0.25) is 0 Å². The van der Waals surface area contributed by atoms with Gasteiger partial charge in [0.25, 0.3) is 0 Å². The van der Waals surface area contributed by atoms with E-state index in [4.69, 9.17) is 6.57 Å². The minimum Gasteiger partial charge on any atom is -0.309 e. The van der Waals surface area contributed by atoms with Gasteiger partial charge in [-0.25, -0.2) is 4.85 Å². The second kappa shape index (κ2) is 17.8. The van der Waals surface area contributed by atoms with Crippen LogP contribution < -0.4 is 0 Å². The first-order valence-electron chi connectivity index (χ1n) is 25.4. The van der Waals surface area contributed by atoms with Crippen molar-refractivity contribution in [3.63, 3.8) is 0 Å². The first kappa shape index (κ1) is 45.9. The molecule has 0 fully saturated rings. The highest BCUT2D eigenvalue weighted by atomic mass is 15.0. The monoisotopic (exact) mass is 950 g/mol. The average molecular weight is 951 g/mol. The Morgan fingerprint density at radius 3 is 0.973 bits per heavy atom. The van der Waals surface area contributed by atoms with Crippen molar-refractivity contribution in [1.82, 2.24) is 9.13 Å². The first-order valence-corrected chi connectivity index (χ1v) is 25.4. The molecular formula is C70H54N4. The lowest BCUT2D eigenvalue weighted by molar-refractivity contribution is 1.17. The van der Waals surface area contributed by atoms with Crippen LogP contribution in [0.1, 0.15) is 50.1 Å². The number of rotatable bonds is 7. The molecule has 0 atom stereocenters. The Labute approximate surface area is 433 Å². The smallest absolute Gasteiger partial charge is 0.195 e. The van der Waals surface area contributed by atoms with Crippen molar-refractivity contribution in [2.45, 2.75) is 55.4 Å². The van der Waals surface area contributed by atoms with E-state index in [0.29, 0.717) is 22.4 Å². The second-order valence-corrected chi connectivity index (χ2v) is 20.5. The maximum Gasteiger partial charge on any atom is 0.195 e. The molecule has 0 radical (unpaired) electrons. The topological polar surface area (TPSA) is 38.0 Å². The Morgan fingerprint density at radius 1 is 0.338 bits per heavy atom. The molecule has 0 aliphatic rings. The van der Waals surface area contributed by atoms with Gasteiger partial charge in [-0.15, -0.1) is 0 Å². The van der Waals surface area contributed by atoms with Crippen molar-refractivity contribution in [2.75, 3.05) is 0 Å². The molecule has 0 unspecified atom stereocenters. The van der Waals surface area contributed by atoms with Crippen molar-refractivity contribution in [1.29, 1.82) is 5.26 Å². The van der Waals surface area contributed by atoms with Gasteiger partial charge < -0.3 is 9.13 Å². The molecule has 4 nitrogen and oxygen atoms in total. The lowest BCUT2D eigenvalue weighted by Crippen LogP contribution is -1.98. The number of nitrogens with zero attached hydrogens (tertiary/aromatic N) is 4. The Kier molecular flexibility index (Phi) is 11.0. The Morgan fingerprint density at radius 2 is 0.662 bits per heavy atom. The maximum atomic E-state index is 10.9. The molecule has 4 heteroatoms. The fourth-order valence-electron chi connectivity index (χ4n) is 11.8. The highest BCUT2D eigenvalue weighted by molar-refractivity contribution is 6.13. The van der Waals surface area contributed by atoms with Crippen molar-refractivity contribution in [2.24, 2.45) is 0 Å². The van der Waals surface area contributed by atoms with Gasteiger partial charge in [0.2, 0.25) is 0 Å². The molecular weight excluding hydrogens is 897 g/mol. The number of fused-ring (bicyclic) bond motifs is 6. The summed E-state index contributed by atoms with van der Waals surface area (Å²) in [6.07, 6.45) is 0. The third-order valence-electron chi connectivity index (χ3n) is 15.3. The van der Waals surface area contributed by atoms with Crippen molar-refractivity contribution < 1.29 is 0 Å². The van der Waals surface area contributed by atoms with Crippen LogP contribution in [-0.4, -0.2) is 9.13 Å². The zero-order chi connectivity index (χ0) is 51.1. The molecule has 12 aromatic rings. The number of aryl methyl sites for hydroxylation is 8. The predicted octanol–water partition coefficient (Wildman–Crippen LogP) is 19.1. The molecule has 2 heterocycles. The van der Waals surface area contributed by atoms with E-state index in [0.717, 1.165) is 66.1 Å². The fourth-order valence-corrected chi connectivity index (χ4v) is 11.8. The van der Waals surface area contributed by atoms with Crippen LogP contribution >= 0.6 is 0 Å². The molecule has 0 aliphatic carbocycles. The zero-order valence-electron chi connectivity index (χ0n) is 43.1. The SMILES string of the molecule is [C-]#[N+]c1ccc(-n2c3ccc(-c4ccc(C)cc4C)cc3c3cc(-c4ccc(C)cc4C)ccc32)cc1-c1cc(-n2c3ccc(-c4ccc(C)cc4C)cc3c3cc(-c4ccc(C)cc4C)ccc32)ccc1C#N. The molecule has 354 valence electrons. The lowest BCUT2D eigenvalue weighted by Gasteiger charge is -2.16. The van der Waals surface area contributed by atoms with Crippen molar-refractivity contribution in [3.05, 3.63) is 243 Å². The van der Waals surface area contributed by atoms with Crippen LogP contribution in [0.4, 0.5) is 5.69 Å². The summed E-state index contributed by atoms with van der Waals surface area (Å²) in [6, 6.07) is 68.6. The Hall–Kier alpha value is -9.22. The number of nitriles is 1. The van der Waals surface area contributed by atoms with Crippen LogP contribution in [0.15, 0.2) is 182 Å². The normalized spacial score (nSPS) is 11.5. The van der Waals surface area contributed by atoms with Crippen LogP contribution in [0.3, 0.4) is 0 Å². The van der Waals surface area contributed by atoms with Crippen molar-refractivity contribution in [3.8, 4) is 73.1 Å². The third-order valence-corrected chi connectivity index (χ3v) is 15.3. The van der Waals surface area contributed by atoms with Gasteiger partial charge in [-0.05, 0) is 212 Å². The fraction of sp³-hybridized carbons (Fsp3) is 0.114. The minimum atomic E-state index is 0.482.